The fraction of sp³-hybridized carbons (Fsp3) is 0.421. The molecule has 5 rings (SSSR count). The molecule has 0 spiro atoms. The minimum atomic E-state index is -0.583. The molecular weight excluding hydrogens is 823 g/mol. The van der Waals surface area contributed by atoms with Crippen molar-refractivity contribution in [2.24, 2.45) is 15.2 Å². The number of benzene rings is 5. The van der Waals surface area contributed by atoms with Gasteiger partial charge in [-0.3, -0.25) is 4.99 Å². The molecule has 0 saturated heterocycles. The maximum absolute atomic E-state index is 13.0. The lowest BCUT2D eigenvalue weighted by molar-refractivity contribution is 0.0714. The highest BCUT2D eigenvalue weighted by Crippen LogP contribution is 2.25. The molecule has 0 aromatic heterocycles. The van der Waals surface area contributed by atoms with Crippen LogP contribution in [-0.4, -0.2) is 31.4 Å². The van der Waals surface area contributed by atoms with E-state index < -0.39 is 11.9 Å². The molecule has 5 aromatic carbocycles. The van der Waals surface area contributed by atoms with Gasteiger partial charge in [0, 0.05) is 6.21 Å². The zero-order valence-electron chi connectivity index (χ0n) is 39.5. The Morgan fingerprint density at radius 2 is 0.818 bits per heavy atom. The van der Waals surface area contributed by atoms with E-state index in [1.54, 1.807) is 72.9 Å². The van der Waals surface area contributed by atoms with Crippen LogP contribution in [0.25, 0.3) is 0 Å². The molecule has 0 aliphatic heterocycles. The molecule has 66 heavy (non-hydrogen) atoms. The molecule has 0 heterocycles. The normalized spacial score (nSPS) is 11.3. The highest BCUT2D eigenvalue weighted by atomic mass is 16.5. The van der Waals surface area contributed by atoms with Crippen LogP contribution in [0.2, 0.25) is 0 Å². The van der Waals surface area contributed by atoms with Crippen molar-refractivity contribution in [3.05, 3.63) is 138 Å². The first-order valence-corrected chi connectivity index (χ1v) is 24.6. The van der Waals surface area contributed by atoms with E-state index in [1.165, 1.54) is 122 Å². The van der Waals surface area contributed by atoms with Gasteiger partial charge in [0.15, 0.2) is 0 Å². The standard InChI is InChI=1S/C57H71N3O6/c1-3-5-7-9-11-13-15-17-19-21-42-63-52-36-26-46(27-37-52)45-58-49-32-40-54(41-33-49)65-57(62)48-24-23-25-55(44-48)66-56(61)47-28-30-50(31-29-47)59-60-51-34-38-53(39-35-51)64-43-22-20-18-16-14-12-10-8-6-4-2/h23-41,44-45H,3-22,42-43H2,1-2H3. The van der Waals surface area contributed by atoms with Crippen LogP contribution in [0.15, 0.2) is 137 Å². The van der Waals surface area contributed by atoms with Crippen LogP contribution in [0.4, 0.5) is 17.1 Å². The van der Waals surface area contributed by atoms with E-state index in [2.05, 4.69) is 29.1 Å². The average molecular weight is 894 g/mol. The van der Waals surface area contributed by atoms with Crippen molar-refractivity contribution in [1.82, 2.24) is 0 Å². The quantitative estimate of drug-likeness (QED) is 0.0140. The summed E-state index contributed by atoms with van der Waals surface area (Å²) >= 11 is 0. The Morgan fingerprint density at radius 1 is 0.409 bits per heavy atom. The van der Waals surface area contributed by atoms with Gasteiger partial charge in [0.05, 0.1) is 41.4 Å². The van der Waals surface area contributed by atoms with Gasteiger partial charge in [-0.05, 0) is 134 Å². The van der Waals surface area contributed by atoms with Crippen LogP contribution in [0, 0.1) is 0 Å². The molecule has 0 N–H and O–H groups in total. The molecule has 9 heteroatoms. The van der Waals surface area contributed by atoms with Crippen molar-refractivity contribution >= 4 is 35.2 Å². The summed E-state index contributed by atoms with van der Waals surface area (Å²) < 4.78 is 23.1. The SMILES string of the molecule is CCCCCCCCCCCCOc1ccc(C=Nc2ccc(OC(=O)c3cccc(OC(=O)c4ccc(N=Nc5ccc(OCCCCCCCCCCCC)cc5)cc4)c3)cc2)cc1. The van der Waals surface area contributed by atoms with Crippen LogP contribution in [0.3, 0.4) is 0 Å². The minimum absolute atomic E-state index is 0.215. The predicted molar refractivity (Wildman–Crippen MR) is 268 cm³/mol. The van der Waals surface area contributed by atoms with Crippen molar-refractivity contribution in [2.45, 2.75) is 142 Å². The first-order chi connectivity index (χ1) is 32.5. The number of azo groups is 1. The Balaban J connectivity index is 0.971. The Hall–Kier alpha value is -6.09. The third-order valence-electron chi connectivity index (χ3n) is 11.3. The number of aliphatic imine (C=N–C) groups is 1. The van der Waals surface area contributed by atoms with Gasteiger partial charge in [-0.2, -0.15) is 10.2 Å². The molecule has 0 radical (unpaired) electrons. The van der Waals surface area contributed by atoms with E-state index >= 15 is 0 Å². The number of hydrogen-bond acceptors (Lipinski definition) is 9. The maximum atomic E-state index is 13.0. The first kappa shape index (κ1) is 50.9. The molecule has 0 fully saturated rings. The lowest BCUT2D eigenvalue weighted by Gasteiger charge is -2.08. The van der Waals surface area contributed by atoms with Gasteiger partial charge in [0.1, 0.15) is 23.0 Å². The van der Waals surface area contributed by atoms with E-state index in [-0.39, 0.29) is 11.3 Å². The van der Waals surface area contributed by atoms with Crippen LogP contribution < -0.4 is 18.9 Å². The van der Waals surface area contributed by atoms with E-state index in [0.717, 1.165) is 36.5 Å². The molecule has 0 aliphatic carbocycles. The van der Waals surface area contributed by atoms with Crippen LogP contribution in [-0.2, 0) is 0 Å². The maximum Gasteiger partial charge on any atom is 0.343 e. The van der Waals surface area contributed by atoms with Crippen molar-refractivity contribution in [2.75, 3.05) is 13.2 Å². The highest BCUT2D eigenvalue weighted by Gasteiger charge is 2.13. The molecule has 0 amide bonds. The summed E-state index contributed by atoms with van der Waals surface area (Å²) in [7, 11) is 0. The second-order valence-corrected chi connectivity index (χ2v) is 16.9. The topological polar surface area (TPSA) is 108 Å². The van der Waals surface area contributed by atoms with Gasteiger partial charge in [-0.15, -0.1) is 0 Å². The monoisotopic (exact) mass is 894 g/mol. The molecule has 350 valence electrons. The van der Waals surface area contributed by atoms with Crippen LogP contribution in [0.1, 0.15) is 169 Å². The van der Waals surface area contributed by atoms with E-state index in [0.29, 0.717) is 35.0 Å². The predicted octanol–water partition coefficient (Wildman–Crippen LogP) is 16.9. The van der Waals surface area contributed by atoms with Crippen LogP contribution in [0.5, 0.6) is 23.0 Å². The number of esters is 2. The Labute approximate surface area is 394 Å². The number of rotatable bonds is 32. The second kappa shape index (κ2) is 30.9. The number of carbonyl (C=O) groups is 2. The van der Waals surface area contributed by atoms with E-state index in [9.17, 15) is 9.59 Å². The van der Waals surface area contributed by atoms with Crippen molar-refractivity contribution in [1.29, 1.82) is 0 Å². The molecule has 5 aromatic rings. The Morgan fingerprint density at radius 3 is 1.33 bits per heavy atom. The summed E-state index contributed by atoms with van der Waals surface area (Å²) in [5.74, 6) is 1.11. The van der Waals surface area contributed by atoms with Crippen molar-refractivity contribution in [3.8, 4) is 23.0 Å². The molecule has 0 atom stereocenters. The van der Waals surface area contributed by atoms with Gasteiger partial charge in [0.25, 0.3) is 0 Å². The number of nitrogens with zero attached hydrogens (tertiary/aromatic N) is 3. The van der Waals surface area contributed by atoms with Crippen LogP contribution >= 0.6 is 0 Å². The largest absolute Gasteiger partial charge is 0.494 e. The number of ether oxygens (including phenoxy) is 4. The van der Waals surface area contributed by atoms with Gasteiger partial charge in [-0.25, -0.2) is 9.59 Å². The summed E-state index contributed by atoms with van der Waals surface area (Å²) in [5, 5.41) is 8.63. The molecule has 9 nitrogen and oxygen atoms in total. The Bertz CT molecular complexity index is 2170. The van der Waals surface area contributed by atoms with E-state index in [4.69, 9.17) is 18.9 Å². The summed E-state index contributed by atoms with van der Waals surface area (Å²) in [5.41, 5.74) is 3.52. The third-order valence-corrected chi connectivity index (χ3v) is 11.3. The lowest BCUT2D eigenvalue weighted by atomic mass is 10.1. The zero-order valence-corrected chi connectivity index (χ0v) is 39.5. The highest BCUT2D eigenvalue weighted by molar-refractivity contribution is 5.93. The number of hydrogen-bond donors (Lipinski definition) is 0. The average Bonchev–Trinajstić information content (AvgIpc) is 3.35. The summed E-state index contributed by atoms with van der Waals surface area (Å²) in [4.78, 5) is 30.6. The fourth-order valence-electron chi connectivity index (χ4n) is 7.37. The molecule has 0 bridgehead atoms. The molecule has 0 unspecified atom stereocenters. The second-order valence-electron chi connectivity index (χ2n) is 16.9. The van der Waals surface area contributed by atoms with Gasteiger partial charge in [0.2, 0.25) is 0 Å². The fourth-order valence-corrected chi connectivity index (χ4v) is 7.37. The number of carbonyl (C=O) groups excluding carboxylic acids is 2. The molecule has 0 aliphatic rings. The van der Waals surface area contributed by atoms with Crippen molar-refractivity contribution in [3.63, 3.8) is 0 Å². The summed E-state index contributed by atoms with van der Waals surface area (Å²) in [6.45, 7) is 5.97. The molecule has 0 saturated carbocycles. The third kappa shape index (κ3) is 20.4. The summed E-state index contributed by atoms with van der Waals surface area (Å²) in [6.07, 6.45) is 27.8. The van der Waals surface area contributed by atoms with Crippen molar-refractivity contribution < 1.29 is 28.5 Å². The first-order valence-electron chi connectivity index (χ1n) is 24.6. The molecular formula is C57H71N3O6. The van der Waals surface area contributed by atoms with Gasteiger partial charge in [-0.1, -0.05) is 135 Å². The van der Waals surface area contributed by atoms with Gasteiger partial charge < -0.3 is 18.9 Å². The van der Waals surface area contributed by atoms with E-state index in [1.807, 2.05) is 48.5 Å². The Kier molecular flexibility index (Phi) is 23.9. The zero-order chi connectivity index (χ0) is 46.3. The minimum Gasteiger partial charge on any atom is -0.494 e. The smallest absolute Gasteiger partial charge is 0.343 e. The summed E-state index contributed by atoms with van der Waals surface area (Å²) in [6, 6.07) is 35.4. The van der Waals surface area contributed by atoms with Gasteiger partial charge >= 0.3 is 11.9 Å². The lowest BCUT2D eigenvalue weighted by Crippen LogP contribution is -2.11. The number of unbranched alkanes of at least 4 members (excludes halogenated alkanes) is 18.